The average Bonchev–Trinajstić information content (AvgIpc) is 3.00. The molecule has 3 aliphatic rings. The molecule has 2 aromatic carbocycles. The predicted molar refractivity (Wildman–Crippen MR) is 155 cm³/mol. The summed E-state index contributed by atoms with van der Waals surface area (Å²) in [7, 11) is 3.21. The Labute approximate surface area is 245 Å². The minimum Gasteiger partial charge on any atom is -0.493 e. The van der Waals surface area contributed by atoms with Gasteiger partial charge in [-0.2, -0.15) is 0 Å². The number of nitrogens with zero attached hydrogens (tertiary/aromatic N) is 3. The summed E-state index contributed by atoms with van der Waals surface area (Å²) in [6.45, 7) is 1.01. The van der Waals surface area contributed by atoms with E-state index in [1.165, 1.54) is 4.90 Å². The minimum absolute atomic E-state index is 0.0209. The molecule has 10 heteroatoms. The summed E-state index contributed by atoms with van der Waals surface area (Å²) in [6.07, 6.45) is 4.45. The summed E-state index contributed by atoms with van der Waals surface area (Å²) < 4.78 is 18.1. The molecular weight excluding hydrogens is 536 g/mol. The molecule has 0 saturated carbocycles. The molecule has 3 aromatic rings. The summed E-state index contributed by atoms with van der Waals surface area (Å²) in [5, 5.41) is 3.06. The van der Waals surface area contributed by atoms with Gasteiger partial charge in [-0.15, -0.1) is 0 Å². The number of piperidine rings is 1. The first-order chi connectivity index (χ1) is 20.4. The van der Waals surface area contributed by atoms with Gasteiger partial charge in [-0.25, -0.2) is 0 Å². The zero-order chi connectivity index (χ0) is 29.5. The number of nitrogens with one attached hydrogen (secondary N) is 1. The lowest BCUT2D eigenvalue weighted by atomic mass is 10.0. The van der Waals surface area contributed by atoms with Crippen LogP contribution in [0, 0.1) is 0 Å². The van der Waals surface area contributed by atoms with Crippen LogP contribution in [0.4, 0.5) is 0 Å². The third kappa shape index (κ3) is 7.44. The molecule has 0 spiro atoms. The van der Waals surface area contributed by atoms with Crippen molar-refractivity contribution in [1.82, 2.24) is 20.1 Å². The minimum atomic E-state index is -0.444. The normalized spacial score (nSPS) is 20.0. The molecule has 4 bridgehead atoms. The number of amides is 3. The number of benzene rings is 2. The van der Waals surface area contributed by atoms with E-state index in [4.69, 9.17) is 14.2 Å². The maximum Gasteiger partial charge on any atom is 0.239 e. The van der Waals surface area contributed by atoms with E-state index in [1.807, 2.05) is 54.6 Å². The standard InChI is InChI=1S/C32H36N4O6/c1-35-20-30(37)34-26-12-14-36(32(39)17-23-6-4-13-33-18-23)19-29(26)41-21-24-5-3-7-25(15-24)42-27-10-8-22(9-11-31(35)38)16-28(27)40-2/h3-8,10,13,15-16,18,26,29H,9,11-12,14,17,19-21H2,1-2H3,(H,34,37)/t26-,29-/m0/s1. The van der Waals surface area contributed by atoms with Crippen LogP contribution in [0.3, 0.4) is 0 Å². The quantitative estimate of drug-likeness (QED) is 0.514. The molecule has 2 atom stereocenters. The first-order valence-corrected chi connectivity index (χ1v) is 14.1. The number of methoxy groups -OCH3 is 1. The third-order valence-corrected chi connectivity index (χ3v) is 7.59. The highest BCUT2D eigenvalue weighted by molar-refractivity contribution is 5.85. The molecule has 42 heavy (non-hydrogen) atoms. The van der Waals surface area contributed by atoms with Gasteiger partial charge in [-0.3, -0.25) is 19.4 Å². The van der Waals surface area contributed by atoms with Crippen molar-refractivity contribution in [2.24, 2.45) is 0 Å². The lowest BCUT2D eigenvalue weighted by Gasteiger charge is -2.39. The molecular formula is C32H36N4O6. The monoisotopic (exact) mass is 572 g/mol. The zero-order valence-corrected chi connectivity index (χ0v) is 24.0. The second-order valence-electron chi connectivity index (χ2n) is 10.7. The van der Waals surface area contributed by atoms with E-state index in [-0.39, 0.29) is 49.8 Å². The Bertz CT molecular complexity index is 1420. The first-order valence-electron chi connectivity index (χ1n) is 14.1. The smallest absolute Gasteiger partial charge is 0.239 e. The molecule has 1 aromatic heterocycles. The maximum absolute atomic E-state index is 13.1. The van der Waals surface area contributed by atoms with Crippen LogP contribution in [0.15, 0.2) is 67.0 Å². The number of fused-ring (bicyclic) bond motifs is 9. The van der Waals surface area contributed by atoms with E-state index in [9.17, 15) is 14.4 Å². The Balaban J connectivity index is 1.37. The number of aromatic nitrogens is 1. The maximum atomic E-state index is 13.1. The van der Waals surface area contributed by atoms with Gasteiger partial charge < -0.3 is 29.3 Å². The number of ether oxygens (including phenoxy) is 3. The molecule has 1 fully saturated rings. The second-order valence-corrected chi connectivity index (χ2v) is 10.7. The Morgan fingerprint density at radius 1 is 1.10 bits per heavy atom. The van der Waals surface area contributed by atoms with Gasteiger partial charge in [0.25, 0.3) is 0 Å². The van der Waals surface area contributed by atoms with E-state index in [0.29, 0.717) is 43.2 Å². The first kappa shape index (κ1) is 29.1. The lowest BCUT2D eigenvalue weighted by molar-refractivity contribution is -0.138. The molecule has 0 radical (unpaired) electrons. The van der Waals surface area contributed by atoms with E-state index in [0.717, 1.165) is 16.7 Å². The predicted octanol–water partition coefficient (Wildman–Crippen LogP) is 3.13. The Kier molecular flexibility index (Phi) is 9.33. The van der Waals surface area contributed by atoms with Crippen molar-refractivity contribution in [2.45, 2.75) is 44.4 Å². The summed E-state index contributed by atoms with van der Waals surface area (Å²) in [4.78, 5) is 46.3. The highest BCUT2D eigenvalue weighted by atomic mass is 16.5. The number of hydrogen-bond donors (Lipinski definition) is 1. The van der Waals surface area contributed by atoms with Crippen molar-refractivity contribution < 1.29 is 28.6 Å². The van der Waals surface area contributed by atoms with Crippen LogP contribution in [0.2, 0.25) is 0 Å². The molecule has 1 N–H and O–H groups in total. The van der Waals surface area contributed by atoms with E-state index in [1.54, 1.807) is 31.5 Å². The Hall–Kier alpha value is -4.44. The zero-order valence-electron chi connectivity index (χ0n) is 24.0. The van der Waals surface area contributed by atoms with Crippen molar-refractivity contribution in [3.05, 3.63) is 83.7 Å². The average molecular weight is 573 g/mol. The fourth-order valence-corrected chi connectivity index (χ4v) is 5.25. The number of rotatable bonds is 3. The number of aryl methyl sites for hydroxylation is 1. The number of hydrogen-bond acceptors (Lipinski definition) is 7. The van der Waals surface area contributed by atoms with Gasteiger partial charge >= 0.3 is 0 Å². The van der Waals surface area contributed by atoms with E-state index >= 15 is 0 Å². The summed E-state index contributed by atoms with van der Waals surface area (Å²) in [5.74, 6) is 1.32. The lowest BCUT2D eigenvalue weighted by Crippen LogP contribution is -2.57. The topological polar surface area (TPSA) is 110 Å². The molecule has 1 saturated heterocycles. The van der Waals surface area contributed by atoms with Crippen molar-refractivity contribution in [1.29, 1.82) is 0 Å². The van der Waals surface area contributed by atoms with Gasteiger partial charge in [0.15, 0.2) is 11.5 Å². The largest absolute Gasteiger partial charge is 0.493 e. The van der Waals surface area contributed by atoms with Gasteiger partial charge in [0.2, 0.25) is 17.7 Å². The molecule has 0 aliphatic carbocycles. The van der Waals surface area contributed by atoms with Crippen molar-refractivity contribution in [2.75, 3.05) is 33.8 Å². The van der Waals surface area contributed by atoms with Crippen LogP contribution < -0.4 is 14.8 Å². The van der Waals surface area contributed by atoms with Crippen LogP contribution in [0.5, 0.6) is 17.2 Å². The van der Waals surface area contributed by atoms with E-state index < -0.39 is 6.10 Å². The van der Waals surface area contributed by atoms with Crippen LogP contribution in [-0.4, -0.2) is 78.4 Å². The van der Waals surface area contributed by atoms with Crippen LogP contribution >= 0.6 is 0 Å². The molecule has 4 heterocycles. The molecule has 6 rings (SSSR count). The van der Waals surface area contributed by atoms with Crippen LogP contribution in [0.1, 0.15) is 29.5 Å². The van der Waals surface area contributed by atoms with Gasteiger partial charge in [0.05, 0.1) is 38.8 Å². The van der Waals surface area contributed by atoms with Crippen LogP contribution in [0.25, 0.3) is 0 Å². The molecule has 10 nitrogen and oxygen atoms in total. The molecule has 220 valence electrons. The third-order valence-electron chi connectivity index (χ3n) is 7.59. The van der Waals surface area contributed by atoms with Gasteiger partial charge in [-0.05, 0) is 59.9 Å². The molecule has 3 aliphatic heterocycles. The van der Waals surface area contributed by atoms with Crippen molar-refractivity contribution in [3.63, 3.8) is 0 Å². The van der Waals surface area contributed by atoms with Gasteiger partial charge in [0.1, 0.15) is 5.75 Å². The number of likely N-dealkylation sites (tertiary alicyclic amines) is 1. The van der Waals surface area contributed by atoms with E-state index in [2.05, 4.69) is 10.3 Å². The van der Waals surface area contributed by atoms with Gasteiger partial charge in [-0.1, -0.05) is 24.3 Å². The summed E-state index contributed by atoms with van der Waals surface area (Å²) in [5.41, 5.74) is 2.66. The molecule has 3 amide bonds. The number of pyridine rings is 1. The molecule has 0 unspecified atom stereocenters. The second kappa shape index (κ2) is 13.5. The number of carbonyl (C=O) groups excluding carboxylic acids is 3. The SMILES string of the molecule is COc1cc2ccc1Oc1cccc(c1)CO[C@H]1CN(C(=O)Cc3cccnc3)CC[C@@H]1NC(=O)CN(C)C(=O)CC2. The highest BCUT2D eigenvalue weighted by Crippen LogP contribution is 2.33. The van der Waals surface area contributed by atoms with Gasteiger partial charge in [0, 0.05) is 39.0 Å². The Morgan fingerprint density at radius 2 is 1.98 bits per heavy atom. The fourth-order valence-electron chi connectivity index (χ4n) is 5.25. The highest BCUT2D eigenvalue weighted by Gasteiger charge is 2.33. The number of carbonyl (C=O) groups is 3. The summed E-state index contributed by atoms with van der Waals surface area (Å²) in [6, 6.07) is 16.6. The van der Waals surface area contributed by atoms with Crippen LogP contribution in [-0.2, 0) is 38.6 Å². The number of likely N-dealkylation sites (N-methyl/N-ethyl adjacent to an activating group) is 1. The summed E-state index contributed by atoms with van der Waals surface area (Å²) >= 11 is 0. The Morgan fingerprint density at radius 3 is 2.79 bits per heavy atom. The fraction of sp³-hybridized carbons (Fsp3) is 0.375. The van der Waals surface area contributed by atoms with Crippen molar-refractivity contribution in [3.8, 4) is 17.2 Å². The van der Waals surface area contributed by atoms with Crippen molar-refractivity contribution >= 4 is 17.7 Å².